The lowest BCUT2D eigenvalue weighted by Crippen LogP contribution is -2.30. The molecule has 0 aromatic rings. The average Bonchev–Trinajstić information content (AvgIpc) is 1.88. The number of azide groups is 1. The maximum Gasteiger partial charge on any atom is 0.320 e. The number of carbonyl (C=O) groups is 1. The van der Waals surface area contributed by atoms with Gasteiger partial charge in [0, 0.05) is 11.5 Å². The van der Waals surface area contributed by atoms with E-state index in [0.29, 0.717) is 0 Å². The van der Waals surface area contributed by atoms with Crippen molar-refractivity contribution in [3.05, 3.63) is 10.4 Å². The van der Waals surface area contributed by atoms with Gasteiger partial charge in [0.2, 0.25) is 0 Å². The van der Waals surface area contributed by atoms with Gasteiger partial charge < -0.3 is 10.8 Å². The molecule has 10 heavy (non-hydrogen) atoms. The molecule has 56 valence electrons. The van der Waals surface area contributed by atoms with Crippen LogP contribution in [0.5, 0.6) is 0 Å². The predicted octanol–water partition coefficient (Wildman–Crippen LogP) is 0.0987. The van der Waals surface area contributed by atoms with Gasteiger partial charge in [-0.3, -0.25) is 4.79 Å². The molecule has 0 heterocycles. The van der Waals surface area contributed by atoms with Gasteiger partial charge in [0.05, 0.1) is 0 Å². The summed E-state index contributed by atoms with van der Waals surface area (Å²) in [7, 11) is 0. The van der Waals surface area contributed by atoms with E-state index in [1.54, 1.807) is 0 Å². The summed E-state index contributed by atoms with van der Waals surface area (Å²) in [5.74, 6) is -1.08. The number of aliphatic carboxylic acids is 1. The Labute approximate surface area is 57.3 Å². The standard InChI is InChI=1S/C4H8N4O2/c5-3(4(9)10)1-2-7-8-6/h3H,1-2,5H2,(H,9,10). The van der Waals surface area contributed by atoms with Crippen molar-refractivity contribution in [3.63, 3.8) is 0 Å². The largest absolute Gasteiger partial charge is 0.480 e. The van der Waals surface area contributed by atoms with Crippen LogP contribution >= 0.6 is 0 Å². The highest BCUT2D eigenvalue weighted by Gasteiger charge is 2.08. The minimum Gasteiger partial charge on any atom is -0.480 e. The van der Waals surface area contributed by atoms with Crippen molar-refractivity contribution in [1.29, 1.82) is 0 Å². The molecule has 0 amide bonds. The number of carboxylic acid groups (broad SMARTS) is 1. The molecule has 0 aliphatic carbocycles. The van der Waals surface area contributed by atoms with Gasteiger partial charge >= 0.3 is 5.97 Å². The average molecular weight is 144 g/mol. The van der Waals surface area contributed by atoms with E-state index in [-0.39, 0.29) is 13.0 Å². The molecule has 0 aromatic carbocycles. The molecule has 6 nitrogen and oxygen atoms in total. The first kappa shape index (κ1) is 8.74. The van der Waals surface area contributed by atoms with E-state index < -0.39 is 12.0 Å². The van der Waals surface area contributed by atoms with Crippen molar-refractivity contribution < 1.29 is 9.90 Å². The maximum atomic E-state index is 10.0. The van der Waals surface area contributed by atoms with Gasteiger partial charge in [-0.2, -0.15) is 0 Å². The lowest BCUT2D eigenvalue weighted by Gasteiger charge is -2.00. The normalized spacial score (nSPS) is 11.7. The van der Waals surface area contributed by atoms with Gasteiger partial charge in [0.25, 0.3) is 0 Å². The van der Waals surface area contributed by atoms with E-state index in [1.807, 2.05) is 0 Å². The summed E-state index contributed by atoms with van der Waals surface area (Å²) in [5, 5.41) is 11.4. The molecule has 0 aromatic heterocycles. The summed E-state index contributed by atoms with van der Waals surface area (Å²) >= 11 is 0. The molecule has 0 aliphatic heterocycles. The van der Waals surface area contributed by atoms with Crippen LogP contribution in [0.2, 0.25) is 0 Å². The van der Waals surface area contributed by atoms with Crippen molar-refractivity contribution in [2.75, 3.05) is 6.54 Å². The fourth-order valence-electron chi connectivity index (χ4n) is 0.365. The van der Waals surface area contributed by atoms with Gasteiger partial charge in [-0.1, -0.05) is 5.11 Å². The summed E-state index contributed by atoms with van der Waals surface area (Å²) in [6, 6.07) is -0.925. The van der Waals surface area contributed by atoms with Gasteiger partial charge in [-0.25, -0.2) is 0 Å². The number of hydrogen-bond donors (Lipinski definition) is 2. The molecule has 0 saturated carbocycles. The molecule has 0 fully saturated rings. The fourth-order valence-corrected chi connectivity index (χ4v) is 0.365. The molecule has 0 spiro atoms. The monoisotopic (exact) mass is 144 g/mol. The first-order valence-corrected chi connectivity index (χ1v) is 2.67. The Hall–Kier alpha value is -1.26. The highest BCUT2D eigenvalue weighted by molar-refractivity contribution is 5.72. The van der Waals surface area contributed by atoms with E-state index >= 15 is 0 Å². The van der Waals surface area contributed by atoms with Gasteiger partial charge in [0.1, 0.15) is 6.04 Å². The third-order valence-corrected chi connectivity index (χ3v) is 0.921. The molecule has 0 radical (unpaired) electrons. The Bertz CT molecular complexity index is 163. The molecular formula is C4H8N4O2. The topological polar surface area (TPSA) is 112 Å². The van der Waals surface area contributed by atoms with Crippen LogP contribution in [-0.2, 0) is 4.79 Å². The Morgan fingerprint density at radius 1 is 1.90 bits per heavy atom. The molecule has 0 aliphatic rings. The van der Waals surface area contributed by atoms with Crippen molar-refractivity contribution in [2.24, 2.45) is 10.8 Å². The molecule has 0 saturated heterocycles. The van der Waals surface area contributed by atoms with Crippen LogP contribution in [0.1, 0.15) is 6.42 Å². The number of carboxylic acids is 1. The molecule has 6 heteroatoms. The van der Waals surface area contributed by atoms with Crippen molar-refractivity contribution >= 4 is 5.97 Å². The third-order valence-electron chi connectivity index (χ3n) is 0.921. The third kappa shape index (κ3) is 3.71. The highest BCUT2D eigenvalue weighted by atomic mass is 16.4. The zero-order chi connectivity index (χ0) is 7.98. The smallest absolute Gasteiger partial charge is 0.320 e. The second-order valence-corrected chi connectivity index (χ2v) is 1.69. The van der Waals surface area contributed by atoms with Gasteiger partial charge in [-0.15, -0.1) is 0 Å². The first-order chi connectivity index (χ1) is 4.68. The number of nitrogens with zero attached hydrogens (tertiary/aromatic N) is 3. The minimum atomic E-state index is -1.08. The van der Waals surface area contributed by atoms with Crippen LogP contribution < -0.4 is 5.73 Å². The van der Waals surface area contributed by atoms with Crippen LogP contribution in [0.4, 0.5) is 0 Å². The molecular weight excluding hydrogens is 136 g/mol. The Morgan fingerprint density at radius 2 is 2.50 bits per heavy atom. The van der Waals surface area contributed by atoms with Crippen molar-refractivity contribution in [3.8, 4) is 0 Å². The van der Waals surface area contributed by atoms with Crippen LogP contribution in [0.3, 0.4) is 0 Å². The summed E-state index contributed by atoms with van der Waals surface area (Å²) in [4.78, 5) is 12.5. The summed E-state index contributed by atoms with van der Waals surface area (Å²) in [6.07, 6.45) is 0.180. The van der Waals surface area contributed by atoms with Crippen molar-refractivity contribution in [1.82, 2.24) is 0 Å². The Balaban J connectivity index is 3.48. The van der Waals surface area contributed by atoms with Crippen LogP contribution in [0.25, 0.3) is 10.4 Å². The van der Waals surface area contributed by atoms with Crippen LogP contribution in [0.15, 0.2) is 5.11 Å². The first-order valence-electron chi connectivity index (χ1n) is 2.67. The second-order valence-electron chi connectivity index (χ2n) is 1.69. The van der Waals surface area contributed by atoms with Crippen molar-refractivity contribution in [2.45, 2.75) is 12.5 Å². The zero-order valence-corrected chi connectivity index (χ0v) is 5.27. The second kappa shape index (κ2) is 4.60. The van der Waals surface area contributed by atoms with Crippen LogP contribution in [-0.4, -0.2) is 23.7 Å². The zero-order valence-electron chi connectivity index (χ0n) is 5.27. The molecule has 1 unspecified atom stereocenters. The Morgan fingerprint density at radius 3 is 2.90 bits per heavy atom. The lowest BCUT2D eigenvalue weighted by molar-refractivity contribution is -0.138. The van der Waals surface area contributed by atoms with E-state index in [1.165, 1.54) is 0 Å². The van der Waals surface area contributed by atoms with Gasteiger partial charge in [-0.05, 0) is 12.0 Å². The highest BCUT2D eigenvalue weighted by Crippen LogP contribution is 1.88. The summed E-state index contributed by atoms with van der Waals surface area (Å²) in [5.41, 5.74) is 12.9. The molecule has 3 N–H and O–H groups in total. The number of nitrogens with two attached hydrogens (primary N) is 1. The predicted molar refractivity (Wildman–Crippen MR) is 34.2 cm³/mol. The quantitative estimate of drug-likeness (QED) is 0.331. The van der Waals surface area contributed by atoms with E-state index in [4.69, 9.17) is 16.4 Å². The van der Waals surface area contributed by atoms with E-state index in [9.17, 15) is 4.79 Å². The maximum absolute atomic E-state index is 10.0. The minimum absolute atomic E-state index is 0.129. The van der Waals surface area contributed by atoms with E-state index in [2.05, 4.69) is 10.0 Å². The number of hydrogen-bond acceptors (Lipinski definition) is 3. The Kier molecular flexibility index (Phi) is 4.02. The lowest BCUT2D eigenvalue weighted by atomic mass is 10.2. The van der Waals surface area contributed by atoms with Crippen LogP contribution in [0, 0.1) is 0 Å². The molecule has 1 atom stereocenters. The number of rotatable bonds is 4. The molecule has 0 bridgehead atoms. The van der Waals surface area contributed by atoms with E-state index in [0.717, 1.165) is 0 Å². The summed E-state index contributed by atoms with van der Waals surface area (Å²) < 4.78 is 0. The summed E-state index contributed by atoms with van der Waals surface area (Å²) in [6.45, 7) is 0.129. The van der Waals surface area contributed by atoms with Gasteiger partial charge in [0.15, 0.2) is 0 Å². The fraction of sp³-hybridized carbons (Fsp3) is 0.750. The SMILES string of the molecule is [N-]=[N+]=NCCC(N)C(=O)O. The molecule has 0 rings (SSSR count).